The number of nitrogens with two attached hydrogens (primary N) is 1. The molecule has 158 valence electrons. The van der Waals surface area contributed by atoms with E-state index in [0.717, 1.165) is 5.56 Å². The van der Waals surface area contributed by atoms with Gasteiger partial charge in [-0.05, 0) is 43.3 Å². The number of hydrogen-bond donors (Lipinski definition) is 2. The van der Waals surface area contributed by atoms with Crippen LogP contribution in [0.2, 0.25) is 0 Å². The van der Waals surface area contributed by atoms with Gasteiger partial charge < -0.3 is 14.8 Å². The first kappa shape index (κ1) is 21.6. The zero-order chi connectivity index (χ0) is 21.6. The molecule has 0 saturated heterocycles. The van der Waals surface area contributed by atoms with Crippen molar-refractivity contribution in [2.75, 3.05) is 11.9 Å². The molecular weight excluding hydrogens is 407 g/mol. The number of ether oxygens (including phenoxy) is 2. The summed E-state index contributed by atoms with van der Waals surface area (Å²) in [5.41, 5.74) is 1.97. The third kappa shape index (κ3) is 5.49. The van der Waals surface area contributed by atoms with E-state index in [1.54, 1.807) is 36.4 Å². The van der Waals surface area contributed by atoms with E-state index in [4.69, 9.17) is 14.6 Å². The lowest BCUT2D eigenvalue weighted by atomic mass is 10.1. The topological polar surface area (TPSA) is 90.6 Å². The molecule has 0 atom stereocenters. The monoisotopic (exact) mass is 430 g/mol. The van der Waals surface area contributed by atoms with Crippen LogP contribution in [0.15, 0.2) is 71.6 Å². The van der Waals surface area contributed by atoms with Crippen molar-refractivity contribution in [3.05, 3.63) is 83.7 Å². The number of anilines is 1. The Labute approximate surface area is 175 Å². The minimum Gasteiger partial charge on any atom is -0.490 e. The van der Waals surface area contributed by atoms with E-state index in [1.807, 2.05) is 19.1 Å². The first-order valence-electron chi connectivity index (χ1n) is 9.36. The maximum absolute atomic E-state index is 14.0. The number of benzene rings is 3. The van der Waals surface area contributed by atoms with Crippen LogP contribution in [0.5, 0.6) is 11.5 Å². The first-order chi connectivity index (χ1) is 14.4. The highest BCUT2D eigenvalue weighted by molar-refractivity contribution is 7.89. The summed E-state index contributed by atoms with van der Waals surface area (Å²) in [6.07, 6.45) is 0. The maximum atomic E-state index is 14.0. The minimum absolute atomic E-state index is 0.0419. The Morgan fingerprint density at radius 1 is 0.933 bits per heavy atom. The van der Waals surface area contributed by atoms with Gasteiger partial charge in [0.05, 0.1) is 11.5 Å². The van der Waals surface area contributed by atoms with Crippen molar-refractivity contribution in [3.63, 3.8) is 0 Å². The molecule has 0 amide bonds. The van der Waals surface area contributed by atoms with E-state index < -0.39 is 10.0 Å². The van der Waals surface area contributed by atoms with Gasteiger partial charge in [0, 0.05) is 23.4 Å². The molecule has 0 radical (unpaired) electrons. The molecule has 6 nitrogen and oxygen atoms in total. The average molecular weight is 431 g/mol. The Hall–Kier alpha value is -3.10. The van der Waals surface area contributed by atoms with Crippen LogP contribution in [0.1, 0.15) is 18.1 Å². The molecule has 30 heavy (non-hydrogen) atoms. The second-order valence-electron chi connectivity index (χ2n) is 6.48. The number of sulfonamides is 1. The molecule has 0 bridgehead atoms. The predicted molar refractivity (Wildman–Crippen MR) is 113 cm³/mol. The minimum atomic E-state index is -3.74. The van der Waals surface area contributed by atoms with Crippen molar-refractivity contribution in [1.29, 1.82) is 0 Å². The van der Waals surface area contributed by atoms with Crippen LogP contribution in [0, 0.1) is 5.82 Å². The van der Waals surface area contributed by atoms with Gasteiger partial charge in [-0.15, -0.1) is 0 Å². The van der Waals surface area contributed by atoms with Crippen LogP contribution in [-0.4, -0.2) is 15.0 Å². The van der Waals surface area contributed by atoms with Crippen LogP contribution < -0.4 is 19.9 Å². The van der Waals surface area contributed by atoms with Crippen molar-refractivity contribution < 1.29 is 22.3 Å². The van der Waals surface area contributed by atoms with E-state index >= 15 is 0 Å². The van der Waals surface area contributed by atoms with E-state index in [9.17, 15) is 12.8 Å². The molecule has 0 fully saturated rings. The highest BCUT2D eigenvalue weighted by atomic mass is 32.2. The quantitative estimate of drug-likeness (QED) is 0.534. The molecule has 0 aromatic heterocycles. The molecule has 3 N–H and O–H groups in total. The van der Waals surface area contributed by atoms with Gasteiger partial charge in [-0.3, -0.25) is 0 Å². The molecule has 0 spiro atoms. The first-order valence-corrected chi connectivity index (χ1v) is 10.9. The molecule has 0 heterocycles. The van der Waals surface area contributed by atoms with E-state index in [0.29, 0.717) is 35.9 Å². The number of hydrogen-bond acceptors (Lipinski definition) is 5. The molecule has 0 aliphatic heterocycles. The third-order valence-corrected chi connectivity index (χ3v) is 5.29. The van der Waals surface area contributed by atoms with Gasteiger partial charge in [0.15, 0.2) is 11.5 Å². The second-order valence-corrected chi connectivity index (χ2v) is 8.04. The summed E-state index contributed by atoms with van der Waals surface area (Å²) in [6, 6.07) is 18.1. The fourth-order valence-corrected chi connectivity index (χ4v) is 3.37. The Kier molecular flexibility index (Phi) is 6.91. The normalized spacial score (nSPS) is 11.2. The summed E-state index contributed by atoms with van der Waals surface area (Å²) in [5.74, 6) is 0.759. The van der Waals surface area contributed by atoms with Gasteiger partial charge in [0.25, 0.3) is 0 Å². The lowest BCUT2D eigenvalue weighted by Gasteiger charge is -2.17. The highest BCUT2D eigenvalue weighted by Crippen LogP contribution is 2.33. The number of nitrogens with one attached hydrogen (secondary N) is 1. The van der Waals surface area contributed by atoms with E-state index in [-0.39, 0.29) is 17.3 Å². The lowest BCUT2D eigenvalue weighted by Crippen LogP contribution is -2.12. The summed E-state index contributed by atoms with van der Waals surface area (Å²) in [6.45, 7) is 2.79. The Morgan fingerprint density at radius 2 is 1.63 bits per heavy atom. The van der Waals surface area contributed by atoms with Crippen molar-refractivity contribution in [3.8, 4) is 11.5 Å². The number of rotatable bonds is 9. The molecule has 3 rings (SSSR count). The summed E-state index contributed by atoms with van der Waals surface area (Å²) < 4.78 is 48.3. The van der Waals surface area contributed by atoms with Crippen molar-refractivity contribution in [2.24, 2.45) is 5.14 Å². The van der Waals surface area contributed by atoms with Crippen molar-refractivity contribution >= 4 is 15.7 Å². The van der Waals surface area contributed by atoms with E-state index in [1.165, 1.54) is 18.2 Å². The predicted octanol–water partition coefficient (Wildman–Crippen LogP) is 4.06. The Bertz CT molecular complexity index is 1100. The van der Waals surface area contributed by atoms with E-state index in [2.05, 4.69) is 5.32 Å². The van der Waals surface area contributed by atoms with Gasteiger partial charge in [0.2, 0.25) is 10.0 Å². The largest absolute Gasteiger partial charge is 0.490 e. The zero-order valence-electron chi connectivity index (χ0n) is 16.5. The fraction of sp³-hybridized carbons (Fsp3) is 0.182. The zero-order valence-corrected chi connectivity index (χ0v) is 17.3. The number of para-hydroxylation sites is 1. The Morgan fingerprint density at radius 3 is 2.30 bits per heavy atom. The SMILES string of the molecule is CCOc1cccc(CNc2ccc(S(N)(=O)=O)cc2)c1OCc1ccccc1F. The number of halogens is 1. The number of primary sulfonamides is 1. The van der Waals surface area contributed by atoms with Crippen LogP contribution in [-0.2, 0) is 23.2 Å². The standard InChI is InChI=1S/C22H23FN2O4S/c1-2-28-21-9-5-7-16(22(21)29-15-17-6-3-4-8-20(17)23)14-25-18-10-12-19(13-11-18)30(24,26)27/h3-13,25H,2,14-15H2,1H3,(H2,24,26,27). The van der Waals surface area contributed by atoms with Crippen molar-refractivity contribution in [2.45, 2.75) is 25.0 Å². The summed E-state index contributed by atoms with van der Waals surface area (Å²) in [4.78, 5) is 0.0419. The van der Waals surface area contributed by atoms with Crippen LogP contribution >= 0.6 is 0 Å². The average Bonchev–Trinajstić information content (AvgIpc) is 2.72. The van der Waals surface area contributed by atoms with Crippen LogP contribution in [0.25, 0.3) is 0 Å². The summed E-state index contributed by atoms with van der Waals surface area (Å²) in [5, 5.41) is 8.34. The van der Waals surface area contributed by atoms with Gasteiger partial charge in [-0.2, -0.15) is 0 Å². The maximum Gasteiger partial charge on any atom is 0.238 e. The molecule has 0 aliphatic carbocycles. The van der Waals surface area contributed by atoms with Gasteiger partial charge in [-0.25, -0.2) is 17.9 Å². The van der Waals surface area contributed by atoms with Crippen molar-refractivity contribution in [1.82, 2.24) is 0 Å². The second kappa shape index (κ2) is 9.60. The molecule has 0 saturated carbocycles. The van der Waals surface area contributed by atoms with Gasteiger partial charge >= 0.3 is 0 Å². The molecule has 8 heteroatoms. The molecule has 3 aromatic carbocycles. The molecule has 3 aromatic rings. The molecular formula is C22H23FN2O4S. The summed E-state index contributed by atoms with van der Waals surface area (Å²) in [7, 11) is -3.74. The van der Waals surface area contributed by atoms with Gasteiger partial charge in [0.1, 0.15) is 12.4 Å². The van der Waals surface area contributed by atoms with Crippen LogP contribution in [0.4, 0.5) is 10.1 Å². The smallest absolute Gasteiger partial charge is 0.238 e. The molecule has 0 unspecified atom stereocenters. The highest BCUT2D eigenvalue weighted by Gasteiger charge is 2.13. The Balaban J connectivity index is 1.78. The van der Waals surface area contributed by atoms with Crippen LogP contribution in [0.3, 0.4) is 0 Å². The third-order valence-electron chi connectivity index (χ3n) is 4.36. The fourth-order valence-electron chi connectivity index (χ4n) is 2.86. The summed E-state index contributed by atoms with van der Waals surface area (Å²) >= 11 is 0. The molecule has 0 aliphatic rings. The lowest BCUT2D eigenvalue weighted by molar-refractivity contribution is 0.263. The van der Waals surface area contributed by atoms with Gasteiger partial charge in [-0.1, -0.05) is 30.3 Å².